The van der Waals surface area contributed by atoms with Crippen molar-refractivity contribution >= 4 is 17.4 Å². The monoisotopic (exact) mass is 286 g/mol. The lowest BCUT2D eigenvalue weighted by atomic mass is 9.79. The number of ketones is 1. The Morgan fingerprint density at radius 1 is 1.33 bits per heavy atom. The summed E-state index contributed by atoms with van der Waals surface area (Å²) in [7, 11) is 0. The van der Waals surface area contributed by atoms with Crippen molar-refractivity contribution in [2.24, 2.45) is 0 Å². The molecule has 0 radical (unpaired) electrons. The fourth-order valence-corrected chi connectivity index (χ4v) is 3.74. The van der Waals surface area contributed by atoms with E-state index in [1.807, 2.05) is 36.1 Å². The van der Waals surface area contributed by atoms with E-state index < -0.39 is 5.41 Å². The van der Waals surface area contributed by atoms with Gasteiger partial charge in [-0.05, 0) is 51.4 Å². The van der Waals surface area contributed by atoms with Gasteiger partial charge in [-0.15, -0.1) is 0 Å². The van der Waals surface area contributed by atoms with Gasteiger partial charge < -0.3 is 10.2 Å². The summed E-state index contributed by atoms with van der Waals surface area (Å²) in [6.45, 7) is 5.37. The van der Waals surface area contributed by atoms with Crippen molar-refractivity contribution in [3.63, 3.8) is 0 Å². The molecule has 1 unspecified atom stereocenters. The summed E-state index contributed by atoms with van der Waals surface area (Å²) in [6.07, 6.45) is 2.22. The molecule has 1 aromatic carbocycles. The molecule has 2 aliphatic rings. The molecule has 0 bridgehead atoms. The first-order valence-corrected chi connectivity index (χ1v) is 7.67. The summed E-state index contributed by atoms with van der Waals surface area (Å²) in [4.78, 5) is 26.7. The zero-order valence-electron chi connectivity index (χ0n) is 12.7. The van der Waals surface area contributed by atoms with Crippen molar-refractivity contribution in [2.45, 2.75) is 44.6 Å². The number of hydrogen-bond acceptors (Lipinski definition) is 3. The molecule has 1 N–H and O–H groups in total. The Kier molecular flexibility index (Phi) is 3.57. The van der Waals surface area contributed by atoms with Gasteiger partial charge in [-0.25, -0.2) is 0 Å². The maximum absolute atomic E-state index is 13.1. The van der Waals surface area contributed by atoms with Gasteiger partial charge in [0.2, 0.25) is 5.91 Å². The lowest BCUT2D eigenvalue weighted by molar-refractivity contribution is -0.127. The van der Waals surface area contributed by atoms with Gasteiger partial charge in [-0.3, -0.25) is 9.59 Å². The number of nitrogens with zero attached hydrogens (tertiary/aromatic N) is 1. The SMILES string of the molecule is CC(=O)CC1(C)C(=O)N(C2CCNCC2)c2ccccc21. The molecule has 1 amide bonds. The highest BCUT2D eigenvalue weighted by atomic mass is 16.2. The molecule has 0 aromatic heterocycles. The molecule has 21 heavy (non-hydrogen) atoms. The maximum Gasteiger partial charge on any atom is 0.238 e. The maximum atomic E-state index is 13.1. The van der Waals surface area contributed by atoms with Crippen LogP contribution in [0, 0.1) is 0 Å². The van der Waals surface area contributed by atoms with Gasteiger partial charge in [-0.1, -0.05) is 18.2 Å². The molecule has 2 aliphatic heterocycles. The van der Waals surface area contributed by atoms with Crippen molar-refractivity contribution in [1.82, 2.24) is 5.32 Å². The van der Waals surface area contributed by atoms with Crippen LogP contribution in [0.15, 0.2) is 24.3 Å². The van der Waals surface area contributed by atoms with E-state index in [4.69, 9.17) is 0 Å². The second-order valence-electron chi connectivity index (χ2n) is 6.38. The van der Waals surface area contributed by atoms with Crippen molar-refractivity contribution in [2.75, 3.05) is 18.0 Å². The second kappa shape index (κ2) is 5.26. The largest absolute Gasteiger partial charge is 0.317 e. The van der Waals surface area contributed by atoms with Crippen LogP contribution < -0.4 is 10.2 Å². The van der Waals surface area contributed by atoms with E-state index >= 15 is 0 Å². The first-order valence-electron chi connectivity index (χ1n) is 7.67. The number of amides is 1. The van der Waals surface area contributed by atoms with Crippen LogP contribution in [0.1, 0.15) is 38.7 Å². The Morgan fingerprint density at radius 3 is 2.67 bits per heavy atom. The van der Waals surface area contributed by atoms with Crippen LogP contribution in [0.25, 0.3) is 0 Å². The fraction of sp³-hybridized carbons (Fsp3) is 0.529. The highest BCUT2D eigenvalue weighted by Crippen LogP contribution is 2.45. The third kappa shape index (κ3) is 2.27. The molecule has 0 spiro atoms. The fourth-order valence-electron chi connectivity index (χ4n) is 3.74. The Morgan fingerprint density at radius 2 is 2.00 bits per heavy atom. The standard InChI is InChI=1S/C17H22N2O2/c1-12(20)11-17(2)14-5-3-4-6-15(14)19(16(17)21)13-7-9-18-10-8-13/h3-6,13,18H,7-11H2,1-2H3. The number of anilines is 1. The molecule has 2 heterocycles. The molecule has 1 saturated heterocycles. The van der Waals surface area contributed by atoms with Crippen molar-refractivity contribution in [3.05, 3.63) is 29.8 Å². The quantitative estimate of drug-likeness (QED) is 0.925. The van der Waals surface area contributed by atoms with Gasteiger partial charge in [0.25, 0.3) is 0 Å². The summed E-state index contributed by atoms with van der Waals surface area (Å²) in [5.41, 5.74) is 1.30. The number of carbonyl (C=O) groups is 2. The number of rotatable bonds is 3. The minimum absolute atomic E-state index is 0.0628. The lowest BCUT2D eigenvalue weighted by Gasteiger charge is -2.33. The average Bonchev–Trinajstić information content (AvgIpc) is 2.68. The summed E-state index contributed by atoms with van der Waals surface area (Å²) < 4.78 is 0. The van der Waals surface area contributed by atoms with Crippen LogP contribution >= 0.6 is 0 Å². The smallest absolute Gasteiger partial charge is 0.238 e. The van der Waals surface area contributed by atoms with E-state index in [0.29, 0.717) is 0 Å². The molecule has 3 rings (SSSR count). The minimum Gasteiger partial charge on any atom is -0.317 e. The minimum atomic E-state index is -0.701. The topological polar surface area (TPSA) is 49.4 Å². The number of fused-ring (bicyclic) bond motifs is 1. The molecule has 1 atom stereocenters. The third-order valence-electron chi connectivity index (χ3n) is 4.73. The molecule has 4 nitrogen and oxygen atoms in total. The molecule has 1 fully saturated rings. The molecule has 1 aromatic rings. The van der Waals surface area contributed by atoms with Crippen LogP contribution in [0.4, 0.5) is 5.69 Å². The number of nitrogens with one attached hydrogen (secondary N) is 1. The number of carbonyl (C=O) groups excluding carboxylic acids is 2. The van der Waals surface area contributed by atoms with Gasteiger partial charge in [0.1, 0.15) is 5.78 Å². The van der Waals surface area contributed by atoms with Crippen LogP contribution in [0.5, 0.6) is 0 Å². The number of benzene rings is 1. The number of hydrogen-bond donors (Lipinski definition) is 1. The molecule has 0 saturated carbocycles. The Balaban J connectivity index is 2.03. The first kappa shape index (κ1) is 14.3. The van der Waals surface area contributed by atoms with Crippen molar-refractivity contribution in [3.8, 4) is 0 Å². The Bertz CT molecular complexity index is 578. The number of piperidine rings is 1. The van der Waals surface area contributed by atoms with Gasteiger partial charge in [0.15, 0.2) is 0 Å². The highest BCUT2D eigenvalue weighted by Gasteiger charge is 2.49. The Hall–Kier alpha value is -1.68. The molecule has 112 valence electrons. The van der Waals surface area contributed by atoms with E-state index in [9.17, 15) is 9.59 Å². The van der Waals surface area contributed by atoms with E-state index in [2.05, 4.69) is 5.32 Å². The van der Waals surface area contributed by atoms with E-state index in [1.54, 1.807) is 6.92 Å². The predicted octanol–water partition coefficient (Wildman–Crippen LogP) is 2.02. The van der Waals surface area contributed by atoms with Gasteiger partial charge in [-0.2, -0.15) is 0 Å². The van der Waals surface area contributed by atoms with Crippen LogP contribution in [-0.2, 0) is 15.0 Å². The second-order valence-corrected chi connectivity index (χ2v) is 6.38. The van der Waals surface area contributed by atoms with E-state index in [1.165, 1.54) is 0 Å². The number of Topliss-reactive ketones (excluding diaryl/α,β-unsaturated/α-hetero) is 1. The lowest BCUT2D eigenvalue weighted by Crippen LogP contribution is -2.48. The first-order chi connectivity index (χ1) is 10.0. The van der Waals surface area contributed by atoms with Crippen LogP contribution in [0.3, 0.4) is 0 Å². The zero-order chi connectivity index (χ0) is 15.0. The average molecular weight is 286 g/mol. The zero-order valence-corrected chi connectivity index (χ0v) is 12.7. The summed E-state index contributed by atoms with van der Waals surface area (Å²) >= 11 is 0. The predicted molar refractivity (Wildman–Crippen MR) is 82.5 cm³/mol. The molecular weight excluding hydrogens is 264 g/mol. The van der Waals surface area contributed by atoms with E-state index in [0.717, 1.165) is 37.2 Å². The summed E-state index contributed by atoms with van der Waals surface area (Å²) in [5.74, 6) is 0.151. The number of para-hydroxylation sites is 1. The normalized spacial score (nSPS) is 26.0. The Labute approximate surface area is 125 Å². The molecule has 4 heteroatoms. The molecule has 0 aliphatic carbocycles. The van der Waals surface area contributed by atoms with Crippen LogP contribution in [-0.4, -0.2) is 30.8 Å². The van der Waals surface area contributed by atoms with Gasteiger partial charge in [0.05, 0.1) is 5.41 Å². The third-order valence-corrected chi connectivity index (χ3v) is 4.73. The summed E-state index contributed by atoms with van der Waals surface area (Å²) in [6, 6.07) is 8.18. The molecular formula is C17H22N2O2. The van der Waals surface area contributed by atoms with Crippen LogP contribution in [0.2, 0.25) is 0 Å². The van der Waals surface area contributed by atoms with E-state index in [-0.39, 0.29) is 24.2 Å². The van der Waals surface area contributed by atoms with Gasteiger partial charge in [0, 0.05) is 18.2 Å². The summed E-state index contributed by atoms with van der Waals surface area (Å²) in [5, 5.41) is 3.34. The van der Waals surface area contributed by atoms with Gasteiger partial charge >= 0.3 is 0 Å². The highest BCUT2D eigenvalue weighted by molar-refractivity contribution is 6.10. The van der Waals surface area contributed by atoms with Crippen molar-refractivity contribution < 1.29 is 9.59 Å². The van der Waals surface area contributed by atoms with Crippen molar-refractivity contribution in [1.29, 1.82) is 0 Å².